The molecular formula is C38H43F2N5O3. The first kappa shape index (κ1) is 33.3. The van der Waals surface area contributed by atoms with E-state index in [4.69, 9.17) is 0 Å². The highest BCUT2D eigenvalue weighted by molar-refractivity contribution is 5.92. The van der Waals surface area contributed by atoms with Crippen LogP contribution < -0.4 is 10.2 Å². The van der Waals surface area contributed by atoms with Gasteiger partial charge in [-0.2, -0.15) is 0 Å². The number of nitrogens with one attached hydrogen (secondary N) is 1. The molecule has 1 amide bonds. The molecule has 3 heterocycles. The molecule has 1 unspecified atom stereocenters. The minimum Gasteiger partial charge on any atom is -0.481 e. The zero-order chi connectivity index (χ0) is 33.8. The van der Waals surface area contributed by atoms with Crippen LogP contribution in [0.15, 0.2) is 73.1 Å². The second-order valence-electron chi connectivity index (χ2n) is 13.3. The molecule has 1 aromatic heterocycles. The van der Waals surface area contributed by atoms with Gasteiger partial charge in [-0.1, -0.05) is 48.0 Å². The van der Waals surface area contributed by atoms with E-state index in [1.165, 1.54) is 23.3 Å². The summed E-state index contributed by atoms with van der Waals surface area (Å²) in [5.74, 6) is -3.20. The number of aliphatic carboxylic acids is 1. The Kier molecular flexibility index (Phi) is 10.2. The first-order valence-corrected chi connectivity index (χ1v) is 16.8. The minimum absolute atomic E-state index is 0.253. The maximum Gasteiger partial charge on any atom is 0.306 e. The zero-order valence-corrected chi connectivity index (χ0v) is 27.5. The van der Waals surface area contributed by atoms with Gasteiger partial charge in [-0.3, -0.25) is 14.9 Å². The smallest absolute Gasteiger partial charge is 0.306 e. The Hall–Kier alpha value is -4.57. The SMILES string of the molecule is Cc1ccc(CCCN2CC(C(=O)Nc3nccn3Cc3ccc(C)cc3N3CCC(C(=O)O)CC3)[C@H](c3ccc(F)cc3F)C2)cc1. The van der Waals surface area contributed by atoms with Gasteiger partial charge < -0.3 is 19.5 Å². The van der Waals surface area contributed by atoms with Gasteiger partial charge in [0.1, 0.15) is 11.6 Å². The van der Waals surface area contributed by atoms with Crippen molar-refractivity contribution in [3.63, 3.8) is 0 Å². The van der Waals surface area contributed by atoms with E-state index < -0.39 is 29.4 Å². The topological polar surface area (TPSA) is 90.7 Å². The molecule has 2 atom stereocenters. The van der Waals surface area contributed by atoms with Crippen LogP contribution in [0, 0.1) is 37.3 Å². The Balaban J connectivity index is 1.17. The highest BCUT2D eigenvalue weighted by Crippen LogP contribution is 2.36. The molecule has 2 N–H and O–H groups in total. The summed E-state index contributed by atoms with van der Waals surface area (Å²) in [4.78, 5) is 34.4. The Bertz CT molecular complexity index is 1750. The lowest BCUT2D eigenvalue weighted by Crippen LogP contribution is -2.37. The van der Waals surface area contributed by atoms with E-state index >= 15 is 4.39 Å². The summed E-state index contributed by atoms with van der Waals surface area (Å²) in [7, 11) is 0. The number of aromatic nitrogens is 2. The number of carbonyl (C=O) groups excluding carboxylic acids is 1. The number of halogens is 2. The normalized spacial score (nSPS) is 18.7. The molecule has 3 aromatic carbocycles. The number of piperidine rings is 1. The summed E-state index contributed by atoms with van der Waals surface area (Å²) < 4.78 is 30.8. The molecule has 0 saturated carbocycles. The van der Waals surface area contributed by atoms with Gasteiger partial charge in [0.2, 0.25) is 11.9 Å². The van der Waals surface area contributed by atoms with Gasteiger partial charge in [0.15, 0.2) is 0 Å². The van der Waals surface area contributed by atoms with E-state index in [0.717, 1.165) is 42.3 Å². The molecule has 0 aliphatic carbocycles. The summed E-state index contributed by atoms with van der Waals surface area (Å²) in [6.07, 6.45) is 6.45. The fourth-order valence-electron chi connectivity index (χ4n) is 7.13. The van der Waals surface area contributed by atoms with Crippen molar-refractivity contribution in [2.75, 3.05) is 42.9 Å². The highest BCUT2D eigenvalue weighted by Gasteiger charge is 2.40. The number of anilines is 2. The average molecular weight is 656 g/mol. The zero-order valence-electron chi connectivity index (χ0n) is 27.5. The number of likely N-dealkylation sites (tertiary alicyclic amines) is 1. The number of imidazole rings is 1. The maximum atomic E-state index is 15.1. The van der Waals surface area contributed by atoms with Crippen molar-refractivity contribution in [2.45, 2.75) is 52.0 Å². The molecular weight excluding hydrogens is 612 g/mol. The second kappa shape index (κ2) is 14.7. The number of hydrogen-bond acceptors (Lipinski definition) is 5. The van der Waals surface area contributed by atoms with Gasteiger partial charge in [0.25, 0.3) is 0 Å². The summed E-state index contributed by atoms with van der Waals surface area (Å²) >= 11 is 0. The standard InChI is InChI=1S/C38H43F2N5O3/c1-25-5-8-27(9-6-25)4-3-16-43-23-32(31-12-11-30(39)21-34(31)40)33(24-43)36(46)42-38-41-15-19-45(38)22-29-10-7-26(2)20-35(29)44-17-13-28(14-18-44)37(47)48/h5-12,15,19-21,28,32-33H,3-4,13-14,16-18,22-24H2,1-2H3,(H,47,48)(H,41,42,46)/t32-,33?/m0/s1. The van der Waals surface area contributed by atoms with Gasteiger partial charge in [-0.25, -0.2) is 13.8 Å². The van der Waals surface area contributed by atoms with Crippen molar-refractivity contribution >= 4 is 23.5 Å². The minimum atomic E-state index is -0.741. The molecule has 2 aliphatic rings. The van der Waals surface area contributed by atoms with Crippen LogP contribution in [0.4, 0.5) is 20.4 Å². The molecule has 252 valence electrons. The van der Waals surface area contributed by atoms with Crippen molar-refractivity contribution in [1.82, 2.24) is 14.5 Å². The molecule has 0 spiro atoms. The number of rotatable bonds is 11. The van der Waals surface area contributed by atoms with Crippen molar-refractivity contribution in [1.29, 1.82) is 0 Å². The number of nitrogens with zero attached hydrogens (tertiary/aromatic N) is 4. The number of hydrogen-bond donors (Lipinski definition) is 2. The molecule has 6 rings (SSSR count). The quantitative estimate of drug-likeness (QED) is 0.194. The largest absolute Gasteiger partial charge is 0.481 e. The molecule has 2 saturated heterocycles. The van der Waals surface area contributed by atoms with Crippen LogP contribution >= 0.6 is 0 Å². The highest BCUT2D eigenvalue weighted by atomic mass is 19.1. The Labute approximate surface area is 280 Å². The summed E-state index contributed by atoms with van der Waals surface area (Å²) in [6.45, 7) is 7.58. The van der Waals surface area contributed by atoms with Gasteiger partial charge in [0.05, 0.1) is 18.4 Å². The van der Waals surface area contributed by atoms with Crippen molar-refractivity contribution in [2.24, 2.45) is 11.8 Å². The van der Waals surface area contributed by atoms with Gasteiger partial charge in [-0.05, 0) is 80.5 Å². The predicted octanol–water partition coefficient (Wildman–Crippen LogP) is 6.41. The van der Waals surface area contributed by atoms with Crippen LogP contribution in [0.3, 0.4) is 0 Å². The number of carboxylic acids is 1. The third kappa shape index (κ3) is 7.76. The van der Waals surface area contributed by atoms with Crippen LogP contribution in [-0.4, -0.2) is 64.2 Å². The van der Waals surface area contributed by atoms with Crippen LogP contribution in [0.2, 0.25) is 0 Å². The summed E-state index contributed by atoms with van der Waals surface area (Å²) in [5.41, 5.74) is 6.01. The van der Waals surface area contributed by atoms with E-state index in [-0.39, 0.29) is 11.8 Å². The molecule has 48 heavy (non-hydrogen) atoms. The molecule has 2 fully saturated rings. The summed E-state index contributed by atoms with van der Waals surface area (Å²) in [5, 5.41) is 12.5. The maximum absolute atomic E-state index is 15.1. The molecule has 0 radical (unpaired) electrons. The molecule has 8 nitrogen and oxygen atoms in total. The van der Waals surface area contributed by atoms with Gasteiger partial charge >= 0.3 is 5.97 Å². The third-order valence-electron chi connectivity index (χ3n) is 9.87. The first-order chi connectivity index (χ1) is 23.1. The van der Waals surface area contributed by atoms with Crippen molar-refractivity contribution in [3.05, 3.63) is 113 Å². The van der Waals surface area contributed by atoms with Crippen LogP contribution in [0.5, 0.6) is 0 Å². The van der Waals surface area contributed by atoms with E-state index in [1.807, 2.05) is 23.8 Å². The molecule has 10 heteroatoms. The molecule has 4 aromatic rings. The Morgan fingerprint density at radius 1 is 0.958 bits per heavy atom. The lowest BCUT2D eigenvalue weighted by Gasteiger charge is -2.33. The van der Waals surface area contributed by atoms with Crippen LogP contribution in [0.1, 0.15) is 53.0 Å². The van der Waals surface area contributed by atoms with Crippen LogP contribution in [0.25, 0.3) is 0 Å². The number of carbonyl (C=O) groups is 2. The molecule has 2 aliphatic heterocycles. The van der Waals surface area contributed by atoms with E-state index in [9.17, 15) is 19.1 Å². The molecule has 0 bridgehead atoms. The van der Waals surface area contributed by atoms with Crippen molar-refractivity contribution < 1.29 is 23.5 Å². The fourth-order valence-corrected chi connectivity index (χ4v) is 7.13. The second-order valence-corrected chi connectivity index (χ2v) is 13.3. The van der Waals surface area contributed by atoms with E-state index in [0.29, 0.717) is 57.1 Å². The van der Waals surface area contributed by atoms with Gasteiger partial charge in [0, 0.05) is 56.2 Å². The Morgan fingerprint density at radius 2 is 1.71 bits per heavy atom. The summed E-state index contributed by atoms with van der Waals surface area (Å²) in [6, 6.07) is 18.3. The lowest BCUT2D eigenvalue weighted by molar-refractivity contribution is -0.142. The van der Waals surface area contributed by atoms with E-state index in [2.05, 4.69) is 63.4 Å². The number of carboxylic acid groups (broad SMARTS) is 1. The number of amides is 1. The fraction of sp³-hybridized carbons (Fsp3) is 0.395. The monoisotopic (exact) mass is 655 g/mol. The third-order valence-corrected chi connectivity index (χ3v) is 9.87. The Morgan fingerprint density at radius 3 is 2.44 bits per heavy atom. The lowest BCUT2D eigenvalue weighted by atomic mass is 9.88. The van der Waals surface area contributed by atoms with E-state index in [1.54, 1.807) is 6.20 Å². The number of benzene rings is 3. The predicted molar refractivity (Wildman–Crippen MR) is 182 cm³/mol. The van der Waals surface area contributed by atoms with Crippen molar-refractivity contribution in [3.8, 4) is 0 Å². The first-order valence-electron chi connectivity index (χ1n) is 16.8. The number of aryl methyl sites for hydroxylation is 3. The van der Waals surface area contributed by atoms with Crippen LogP contribution in [-0.2, 0) is 22.6 Å². The average Bonchev–Trinajstić information content (AvgIpc) is 3.69. The van der Waals surface area contributed by atoms with Gasteiger partial charge in [-0.15, -0.1) is 0 Å².